The summed E-state index contributed by atoms with van der Waals surface area (Å²) in [6.07, 6.45) is 15.9. The van der Waals surface area contributed by atoms with Crippen molar-refractivity contribution in [1.29, 1.82) is 0 Å². The van der Waals surface area contributed by atoms with Crippen molar-refractivity contribution in [2.45, 2.75) is 96.9 Å². The first-order valence-electron chi connectivity index (χ1n) is 8.31. The van der Waals surface area contributed by atoms with E-state index in [0.717, 1.165) is 12.8 Å². The minimum atomic E-state index is 0.473. The van der Waals surface area contributed by atoms with E-state index in [1.807, 2.05) is 0 Å². The highest BCUT2D eigenvalue weighted by Gasteiger charge is 2.05. The second kappa shape index (κ2) is 14.1. The summed E-state index contributed by atoms with van der Waals surface area (Å²) < 4.78 is 0. The van der Waals surface area contributed by atoms with Crippen molar-refractivity contribution in [2.75, 3.05) is 0 Å². The molecule has 0 rings (SSSR count). The van der Waals surface area contributed by atoms with Crippen LogP contribution in [0.4, 0.5) is 0 Å². The van der Waals surface area contributed by atoms with Crippen molar-refractivity contribution in [3.63, 3.8) is 0 Å². The molecule has 3 N–H and O–H groups in total. The molecule has 19 heavy (non-hydrogen) atoms. The summed E-state index contributed by atoms with van der Waals surface area (Å²) in [4.78, 5) is 0. The fraction of sp³-hybridized carbons (Fsp3) is 0.882. The minimum absolute atomic E-state index is 0.473. The summed E-state index contributed by atoms with van der Waals surface area (Å²) in [6, 6.07) is 0.473. The van der Waals surface area contributed by atoms with E-state index in [2.05, 4.69) is 25.9 Å². The molecule has 0 aliphatic carbocycles. The van der Waals surface area contributed by atoms with Gasteiger partial charge in [-0.25, -0.2) is 0 Å². The lowest BCUT2D eigenvalue weighted by Crippen LogP contribution is -2.35. The summed E-state index contributed by atoms with van der Waals surface area (Å²) in [5.74, 6) is 5.59. The largest absolute Gasteiger partial charge is 0.271 e. The highest BCUT2D eigenvalue weighted by molar-refractivity contribution is 4.88. The van der Waals surface area contributed by atoms with Gasteiger partial charge in [0, 0.05) is 6.04 Å². The van der Waals surface area contributed by atoms with Crippen LogP contribution in [-0.4, -0.2) is 6.04 Å². The van der Waals surface area contributed by atoms with Crippen LogP contribution < -0.4 is 11.3 Å². The maximum Gasteiger partial charge on any atom is 0.0213 e. The topological polar surface area (TPSA) is 38.0 Å². The number of rotatable bonds is 14. The van der Waals surface area contributed by atoms with Crippen LogP contribution in [-0.2, 0) is 0 Å². The Kier molecular flexibility index (Phi) is 13.8. The second-order valence-corrected chi connectivity index (χ2v) is 5.98. The van der Waals surface area contributed by atoms with Crippen molar-refractivity contribution in [2.24, 2.45) is 5.84 Å². The number of hydrazine groups is 1. The van der Waals surface area contributed by atoms with Gasteiger partial charge in [0.15, 0.2) is 0 Å². The molecule has 2 nitrogen and oxygen atoms in total. The van der Waals surface area contributed by atoms with Gasteiger partial charge in [0.1, 0.15) is 0 Å². The van der Waals surface area contributed by atoms with Crippen molar-refractivity contribution in [3.8, 4) is 0 Å². The monoisotopic (exact) mass is 268 g/mol. The Balaban J connectivity index is 3.28. The minimum Gasteiger partial charge on any atom is -0.271 e. The van der Waals surface area contributed by atoms with Gasteiger partial charge in [-0.2, -0.15) is 0 Å². The predicted octanol–water partition coefficient (Wildman–Crippen LogP) is 5.10. The van der Waals surface area contributed by atoms with Gasteiger partial charge in [-0.05, 0) is 26.2 Å². The van der Waals surface area contributed by atoms with Crippen LogP contribution in [0.25, 0.3) is 0 Å². The van der Waals surface area contributed by atoms with Gasteiger partial charge < -0.3 is 0 Å². The lowest BCUT2D eigenvalue weighted by Gasteiger charge is -2.15. The summed E-state index contributed by atoms with van der Waals surface area (Å²) in [5, 5.41) is 0. The van der Waals surface area contributed by atoms with Crippen molar-refractivity contribution >= 4 is 0 Å². The first-order valence-corrected chi connectivity index (χ1v) is 8.31. The number of nitrogens with one attached hydrogen (secondary N) is 1. The molecule has 0 aliphatic heterocycles. The van der Waals surface area contributed by atoms with E-state index in [1.54, 1.807) is 0 Å². The summed E-state index contributed by atoms with van der Waals surface area (Å²) in [5.41, 5.74) is 4.20. The Morgan fingerprint density at radius 3 is 1.95 bits per heavy atom. The van der Waals surface area contributed by atoms with E-state index in [0.29, 0.717) is 6.04 Å². The van der Waals surface area contributed by atoms with Crippen molar-refractivity contribution in [1.82, 2.24) is 5.43 Å². The highest BCUT2D eigenvalue weighted by atomic mass is 15.2. The van der Waals surface area contributed by atoms with Gasteiger partial charge >= 0.3 is 0 Å². The number of hydrogen-bond acceptors (Lipinski definition) is 2. The third-order valence-corrected chi connectivity index (χ3v) is 3.81. The summed E-state index contributed by atoms with van der Waals surface area (Å²) in [6.45, 7) is 8.31. The lowest BCUT2D eigenvalue weighted by atomic mass is 10.0. The van der Waals surface area contributed by atoms with Crippen LogP contribution in [0.2, 0.25) is 0 Å². The number of nitrogens with two attached hydrogens (primary N) is 1. The van der Waals surface area contributed by atoms with E-state index in [4.69, 9.17) is 5.84 Å². The Morgan fingerprint density at radius 2 is 1.47 bits per heavy atom. The van der Waals surface area contributed by atoms with Crippen LogP contribution in [0.3, 0.4) is 0 Å². The van der Waals surface area contributed by atoms with Crippen molar-refractivity contribution < 1.29 is 0 Å². The third-order valence-electron chi connectivity index (χ3n) is 3.81. The molecule has 0 saturated heterocycles. The van der Waals surface area contributed by atoms with Gasteiger partial charge in [-0.1, -0.05) is 70.3 Å². The molecule has 0 aliphatic rings. The summed E-state index contributed by atoms with van der Waals surface area (Å²) in [7, 11) is 0. The maximum absolute atomic E-state index is 5.59. The number of hydrogen-bond donors (Lipinski definition) is 2. The molecule has 0 radical (unpaired) electrons. The Hall–Kier alpha value is -0.340. The molecule has 0 bridgehead atoms. The molecule has 0 fully saturated rings. The Bertz CT molecular complexity index is 201. The number of unbranched alkanes of at least 4 members (excludes halogenated alkanes) is 8. The van der Waals surface area contributed by atoms with E-state index >= 15 is 0 Å². The zero-order valence-electron chi connectivity index (χ0n) is 13.3. The van der Waals surface area contributed by atoms with Gasteiger partial charge in [0.2, 0.25) is 0 Å². The van der Waals surface area contributed by atoms with Crippen LogP contribution in [0, 0.1) is 0 Å². The number of allylic oxidation sites excluding steroid dienone is 1. The first-order chi connectivity index (χ1) is 9.20. The Morgan fingerprint density at radius 1 is 0.947 bits per heavy atom. The molecule has 0 spiro atoms. The fourth-order valence-corrected chi connectivity index (χ4v) is 2.43. The van der Waals surface area contributed by atoms with Gasteiger partial charge in [-0.3, -0.25) is 11.3 Å². The molecule has 0 aromatic carbocycles. The summed E-state index contributed by atoms with van der Waals surface area (Å²) >= 11 is 0. The van der Waals surface area contributed by atoms with Gasteiger partial charge in [-0.15, -0.1) is 6.58 Å². The smallest absolute Gasteiger partial charge is 0.0213 e. The maximum atomic E-state index is 5.59. The van der Waals surface area contributed by atoms with Gasteiger partial charge in [0.05, 0.1) is 0 Å². The van der Waals surface area contributed by atoms with E-state index in [1.165, 1.54) is 69.8 Å². The normalized spacial score (nSPS) is 12.6. The standard InChI is InChI=1S/C17H36N2/c1-4-5-6-7-8-9-10-11-12-13-17(19-18)15-14-16(2)3/h17,19H,2,4-15,18H2,1,3H3. The van der Waals surface area contributed by atoms with Crippen LogP contribution in [0.15, 0.2) is 12.2 Å². The van der Waals surface area contributed by atoms with E-state index in [9.17, 15) is 0 Å². The quantitative estimate of drug-likeness (QED) is 0.199. The molecule has 0 amide bonds. The molecule has 0 heterocycles. The molecular weight excluding hydrogens is 232 g/mol. The highest BCUT2D eigenvalue weighted by Crippen LogP contribution is 2.13. The van der Waals surface area contributed by atoms with Crippen LogP contribution in [0.1, 0.15) is 90.9 Å². The zero-order chi connectivity index (χ0) is 14.3. The average molecular weight is 268 g/mol. The van der Waals surface area contributed by atoms with Gasteiger partial charge in [0.25, 0.3) is 0 Å². The molecule has 0 saturated carbocycles. The predicted molar refractivity (Wildman–Crippen MR) is 87.0 cm³/mol. The molecule has 0 aromatic rings. The molecule has 114 valence electrons. The lowest BCUT2D eigenvalue weighted by molar-refractivity contribution is 0.437. The second-order valence-electron chi connectivity index (χ2n) is 5.98. The fourth-order valence-electron chi connectivity index (χ4n) is 2.43. The van der Waals surface area contributed by atoms with Crippen LogP contribution in [0.5, 0.6) is 0 Å². The first kappa shape index (κ1) is 18.7. The van der Waals surface area contributed by atoms with E-state index < -0.39 is 0 Å². The van der Waals surface area contributed by atoms with E-state index in [-0.39, 0.29) is 0 Å². The molecule has 1 unspecified atom stereocenters. The molecule has 1 atom stereocenters. The van der Waals surface area contributed by atoms with Crippen LogP contribution >= 0.6 is 0 Å². The zero-order valence-corrected chi connectivity index (χ0v) is 13.3. The SMILES string of the molecule is C=C(C)CCC(CCCCCCCCCCC)NN. The molecular formula is C17H36N2. The third kappa shape index (κ3) is 13.9. The average Bonchev–Trinajstić information content (AvgIpc) is 2.40. The molecule has 2 heteroatoms. The Labute approximate surface area is 121 Å². The molecule has 0 aromatic heterocycles. The van der Waals surface area contributed by atoms with Crippen molar-refractivity contribution in [3.05, 3.63) is 12.2 Å².